The first kappa shape index (κ1) is 26.4. The molecule has 36 heavy (non-hydrogen) atoms. The minimum atomic E-state index is -0.411. The molecule has 3 rings (SSSR count). The molecule has 0 atom stereocenters. The van der Waals surface area contributed by atoms with Gasteiger partial charge in [0.2, 0.25) is 5.75 Å². The molecule has 0 aliphatic heterocycles. The van der Waals surface area contributed by atoms with Crippen LogP contribution in [0.4, 0.5) is 0 Å². The van der Waals surface area contributed by atoms with E-state index in [1.54, 1.807) is 31.4 Å². The number of carbonyl (C=O) groups excluding carboxylic acids is 1. The summed E-state index contributed by atoms with van der Waals surface area (Å²) in [6.07, 6.45) is 1.53. The molecular formula is C28H32N2O6. The topological polar surface area (TPSA) is 87.6 Å². The summed E-state index contributed by atoms with van der Waals surface area (Å²) in [4.78, 5) is 12.8. The molecule has 1 amide bonds. The van der Waals surface area contributed by atoms with E-state index in [1.807, 2.05) is 57.2 Å². The van der Waals surface area contributed by atoms with Crippen LogP contribution in [-0.2, 0) is 6.61 Å². The number of ether oxygens (including phenoxy) is 5. The van der Waals surface area contributed by atoms with Gasteiger partial charge in [-0.05, 0) is 62.2 Å². The lowest BCUT2D eigenvalue weighted by Gasteiger charge is -2.16. The lowest BCUT2D eigenvalue weighted by Crippen LogP contribution is -2.18. The predicted octanol–water partition coefficient (Wildman–Crippen LogP) is 5.23. The van der Waals surface area contributed by atoms with Gasteiger partial charge in [0.25, 0.3) is 5.91 Å². The van der Waals surface area contributed by atoms with Gasteiger partial charge in [0.05, 0.1) is 33.1 Å². The van der Waals surface area contributed by atoms with Gasteiger partial charge in [-0.2, -0.15) is 5.10 Å². The Labute approximate surface area is 211 Å². The van der Waals surface area contributed by atoms with Crippen LogP contribution in [0.2, 0.25) is 0 Å². The van der Waals surface area contributed by atoms with Gasteiger partial charge in [0.1, 0.15) is 6.61 Å². The second-order valence-electron chi connectivity index (χ2n) is 7.48. The first-order valence-electron chi connectivity index (χ1n) is 11.8. The molecule has 190 valence electrons. The summed E-state index contributed by atoms with van der Waals surface area (Å²) >= 11 is 0. The van der Waals surface area contributed by atoms with Gasteiger partial charge in [0.15, 0.2) is 23.0 Å². The van der Waals surface area contributed by atoms with Gasteiger partial charge in [-0.25, -0.2) is 5.43 Å². The molecule has 8 nitrogen and oxygen atoms in total. The summed E-state index contributed by atoms with van der Waals surface area (Å²) in [6.45, 7) is 7.30. The van der Waals surface area contributed by atoms with Gasteiger partial charge in [-0.3, -0.25) is 4.79 Å². The Morgan fingerprint density at radius 2 is 1.47 bits per heavy atom. The SMILES string of the molecule is CCOc1cc(C(=O)NN=Cc2ccc(OCc3ccccc3)c(OC)c2)cc(OCC)c1OCC. The zero-order valence-electron chi connectivity index (χ0n) is 21.1. The summed E-state index contributed by atoms with van der Waals surface area (Å²) in [5.41, 5.74) is 4.67. The number of hydrogen-bond acceptors (Lipinski definition) is 7. The van der Waals surface area contributed by atoms with Crippen LogP contribution in [0.25, 0.3) is 0 Å². The fraction of sp³-hybridized carbons (Fsp3) is 0.286. The Bertz CT molecular complexity index is 1140. The molecule has 0 aliphatic carbocycles. The molecule has 3 aromatic carbocycles. The molecule has 0 unspecified atom stereocenters. The molecule has 8 heteroatoms. The van der Waals surface area contributed by atoms with E-state index in [0.29, 0.717) is 60.7 Å². The summed E-state index contributed by atoms with van der Waals surface area (Å²) in [6, 6.07) is 18.5. The minimum absolute atomic E-state index is 0.338. The molecular weight excluding hydrogens is 460 g/mol. The number of carbonyl (C=O) groups is 1. The van der Waals surface area contributed by atoms with E-state index in [4.69, 9.17) is 23.7 Å². The third kappa shape index (κ3) is 7.15. The van der Waals surface area contributed by atoms with Crippen molar-refractivity contribution < 1.29 is 28.5 Å². The maximum absolute atomic E-state index is 12.8. The van der Waals surface area contributed by atoms with Gasteiger partial charge >= 0.3 is 0 Å². The second kappa shape index (κ2) is 13.6. The zero-order chi connectivity index (χ0) is 25.8. The molecule has 0 spiro atoms. The molecule has 0 fully saturated rings. The molecule has 0 aromatic heterocycles. The molecule has 0 saturated heterocycles. The maximum Gasteiger partial charge on any atom is 0.271 e. The molecule has 0 bridgehead atoms. The van der Waals surface area contributed by atoms with Crippen molar-refractivity contribution in [3.8, 4) is 28.7 Å². The van der Waals surface area contributed by atoms with Crippen molar-refractivity contribution in [2.45, 2.75) is 27.4 Å². The second-order valence-corrected chi connectivity index (χ2v) is 7.48. The highest BCUT2D eigenvalue weighted by atomic mass is 16.5. The smallest absolute Gasteiger partial charge is 0.271 e. The lowest BCUT2D eigenvalue weighted by atomic mass is 10.1. The summed E-state index contributed by atoms with van der Waals surface area (Å²) in [7, 11) is 1.57. The van der Waals surface area contributed by atoms with Gasteiger partial charge in [-0.15, -0.1) is 0 Å². The Morgan fingerprint density at radius 1 is 0.806 bits per heavy atom. The monoisotopic (exact) mass is 492 g/mol. The quantitative estimate of drug-likeness (QED) is 0.260. The van der Waals surface area contributed by atoms with E-state index in [-0.39, 0.29) is 0 Å². The third-order valence-corrected chi connectivity index (χ3v) is 4.98. The normalized spacial score (nSPS) is 10.7. The minimum Gasteiger partial charge on any atom is -0.493 e. The Hall–Kier alpha value is -4.20. The number of nitrogens with zero attached hydrogens (tertiary/aromatic N) is 1. The van der Waals surface area contributed by atoms with Crippen LogP contribution >= 0.6 is 0 Å². The van der Waals surface area contributed by atoms with Crippen LogP contribution in [-0.4, -0.2) is 39.1 Å². The maximum atomic E-state index is 12.8. The van der Waals surface area contributed by atoms with Crippen molar-refractivity contribution in [1.29, 1.82) is 0 Å². The number of hydrazone groups is 1. The molecule has 1 N–H and O–H groups in total. The highest BCUT2D eigenvalue weighted by Crippen LogP contribution is 2.39. The van der Waals surface area contributed by atoms with Crippen LogP contribution in [0, 0.1) is 0 Å². The molecule has 0 saturated carbocycles. The van der Waals surface area contributed by atoms with Gasteiger partial charge in [-0.1, -0.05) is 30.3 Å². The Balaban J connectivity index is 1.70. The summed E-state index contributed by atoms with van der Waals surface area (Å²) < 4.78 is 28.4. The van der Waals surface area contributed by atoms with Crippen molar-refractivity contribution in [3.05, 3.63) is 77.4 Å². The number of rotatable bonds is 13. The summed E-state index contributed by atoms with van der Waals surface area (Å²) in [5.74, 6) is 2.12. The lowest BCUT2D eigenvalue weighted by molar-refractivity contribution is 0.0954. The standard InChI is InChI=1S/C28H32N2O6/c1-5-33-25-16-22(17-26(34-6-2)27(25)35-7-3)28(31)30-29-18-21-13-14-23(24(15-21)32-4)36-19-20-11-9-8-10-12-20/h8-18H,5-7,19H2,1-4H3,(H,30,31). The predicted molar refractivity (Wildman–Crippen MR) is 139 cm³/mol. The Kier molecular flexibility index (Phi) is 10.00. The average molecular weight is 493 g/mol. The highest BCUT2D eigenvalue weighted by Gasteiger charge is 2.18. The number of amides is 1. The van der Waals surface area contributed by atoms with Crippen LogP contribution in [0.1, 0.15) is 42.3 Å². The van der Waals surface area contributed by atoms with E-state index in [1.165, 1.54) is 6.21 Å². The largest absolute Gasteiger partial charge is 0.493 e. The fourth-order valence-corrected chi connectivity index (χ4v) is 3.37. The van der Waals surface area contributed by atoms with Crippen LogP contribution < -0.4 is 29.1 Å². The van der Waals surface area contributed by atoms with Crippen LogP contribution in [0.5, 0.6) is 28.7 Å². The fourth-order valence-electron chi connectivity index (χ4n) is 3.37. The van der Waals surface area contributed by atoms with Crippen molar-refractivity contribution >= 4 is 12.1 Å². The molecule has 0 radical (unpaired) electrons. The van der Waals surface area contributed by atoms with Crippen molar-refractivity contribution in [2.75, 3.05) is 26.9 Å². The van der Waals surface area contributed by atoms with Crippen LogP contribution in [0.15, 0.2) is 65.8 Å². The number of methoxy groups -OCH3 is 1. The van der Waals surface area contributed by atoms with E-state index in [9.17, 15) is 4.79 Å². The zero-order valence-corrected chi connectivity index (χ0v) is 21.1. The van der Waals surface area contributed by atoms with E-state index in [0.717, 1.165) is 11.1 Å². The average Bonchev–Trinajstić information content (AvgIpc) is 2.90. The van der Waals surface area contributed by atoms with Crippen molar-refractivity contribution in [2.24, 2.45) is 5.10 Å². The molecule has 0 aliphatic rings. The third-order valence-electron chi connectivity index (χ3n) is 4.98. The van der Waals surface area contributed by atoms with Crippen molar-refractivity contribution in [3.63, 3.8) is 0 Å². The highest BCUT2D eigenvalue weighted by molar-refractivity contribution is 5.96. The first-order valence-corrected chi connectivity index (χ1v) is 11.8. The van der Waals surface area contributed by atoms with E-state index >= 15 is 0 Å². The molecule has 0 heterocycles. The van der Waals surface area contributed by atoms with Crippen molar-refractivity contribution in [1.82, 2.24) is 5.43 Å². The summed E-state index contributed by atoms with van der Waals surface area (Å²) in [5, 5.41) is 4.09. The van der Waals surface area contributed by atoms with E-state index < -0.39 is 5.91 Å². The Morgan fingerprint density at radius 3 is 2.08 bits per heavy atom. The van der Waals surface area contributed by atoms with Gasteiger partial charge < -0.3 is 23.7 Å². The first-order chi connectivity index (χ1) is 17.6. The van der Waals surface area contributed by atoms with E-state index in [2.05, 4.69) is 10.5 Å². The van der Waals surface area contributed by atoms with Gasteiger partial charge in [0, 0.05) is 5.56 Å². The van der Waals surface area contributed by atoms with Crippen LogP contribution in [0.3, 0.4) is 0 Å². The number of hydrogen-bond donors (Lipinski definition) is 1. The number of benzene rings is 3. The molecule has 3 aromatic rings. The number of nitrogens with one attached hydrogen (secondary N) is 1.